The number of hydrogen-bond acceptors (Lipinski definition) is 14. The minimum Gasteiger partial charge on any atom is -0.493 e. The molecule has 4 amide bonds. The molecule has 26 heteroatoms. The van der Waals surface area contributed by atoms with Crippen LogP contribution in [0.4, 0.5) is 34.1 Å². The summed E-state index contributed by atoms with van der Waals surface area (Å²) in [5, 5.41) is -0.571. The van der Waals surface area contributed by atoms with Crippen molar-refractivity contribution in [2.24, 2.45) is 0 Å². The number of alkyl halides is 6. The molecule has 386 valence electrons. The molecule has 2 aromatic carbocycles. The van der Waals surface area contributed by atoms with Gasteiger partial charge in [-0.1, -0.05) is 61.1 Å². The number of hydrogen-bond donors (Lipinski definition) is 0. The third-order valence-electron chi connectivity index (χ3n) is 12.4. The zero-order chi connectivity index (χ0) is 52.1. The van der Waals surface area contributed by atoms with Crippen LogP contribution in [0.2, 0.25) is 18.1 Å². The highest BCUT2D eigenvalue weighted by molar-refractivity contribution is 7.87. The monoisotopic (exact) mass is 1080 g/mol. The van der Waals surface area contributed by atoms with E-state index >= 15 is 0 Å². The smallest absolute Gasteiger partial charge is 0.493 e. The molecule has 0 fully saturated rings. The van der Waals surface area contributed by atoms with Gasteiger partial charge in [0.15, 0.2) is 37.5 Å². The van der Waals surface area contributed by atoms with Crippen LogP contribution in [0.5, 0.6) is 23.0 Å². The van der Waals surface area contributed by atoms with Crippen molar-refractivity contribution in [2.75, 3.05) is 50.4 Å². The number of carbonyl (C=O) groups is 4. The van der Waals surface area contributed by atoms with Gasteiger partial charge < -0.3 is 46.8 Å². The van der Waals surface area contributed by atoms with E-state index < -0.39 is 88.0 Å². The summed E-state index contributed by atoms with van der Waals surface area (Å²) in [6.45, 7) is 13.9. The second kappa shape index (κ2) is 20.4. The SMILES string of the molecule is CCOC(=O)N1c2cc(OCCCOc3cc4c(cc3OC)C(=O)N3C=C(OS(=O)(=O)C(F)(F)F)C[C@H]3[C@H](O[Si](C)(C)C(C)(C)C)N4C(=O)OCC(Cl)(Cl)Cl)c(OC)cc2C(=O)N2C=C(C)C[C@H]2[C@@H]1C. The van der Waals surface area contributed by atoms with E-state index in [-0.39, 0.29) is 83.7 Å². The molecule has 0 bridgehead atoms. The highest BCUT2D eigenvalue weighted by Crippen LogP contribution is 2.47. The molecule has 6 rings (SSSR count). The van der Waals surface area contributed by atoms with E-state index in [1.165, 1.54) is 37.3 Å². The van der Waals surface area contributed by atoms with Crippen LogP contribution in [0.25, 0.3) is 0 Å². The number of benzene rings is 2. The Morgan fingerprint density at radius 1 is 0.786 bits per heavy atom. The summed E-state index contributed by atoms with van der Waals surface area (Å²) in [6, 6.07) is 3.38. The van der Waals surface area contributed by atoms with Crippen molar-refractivity contribution >= 4 is 88.6 Å². The van der Waals surface area contributed by atoms with E-state index in [1.54, 1.807) is 24.1 Å². The Kier molecular flexibility index (Phi) is 15.9. The summed E-state index contributed by atoms with van der Waals surface area (Å²) >= 11 is 17.9. The number of carbonyl (C=O) groups excluding carboxylic acids is 4. The van der Waals surface area contributed by atoms with Crippen LogP contribution in [-0.4, -0.2) is 125 Å². The molecule has 4 aliphatic rings. The Morgan fingerprint density at radius 2 is 1.30 bits per heavy atom. The fraction of sp³-hybridized carbons (Fsp3) is 0.545. The number of methoxy groups -OCH3 is 2. The van der Waals surface area contributed by atoms with Crippen LogP contribution in [0.1, 0.15) is 81.5 Å². The van der Waals surface area contributed by atoms with Gasteiger partial charge in [0.05, 0.1) is 74.7 Å². The maximum atomic E-state index is 14.6. The zero-order valence-corrected chi connectivity index (χ0v) is 44.0. The van der Waals surface area contributed by atoms with Gasteiger partial charge in [-0.05, 0) is 57.5 Å². The van der Waals surface area contributed by atoms with Gasteiger partial charge in [-0.3, -0.25) is 14.5 Å². The fourth-order valence-corrected chi connectivity index (χ4v) is 9.87. The van der Waals surface area contributed by atoms with Gasteiger partial charge >= 0.3 is 27.8 Å². The van der Waals surface area contributed by atoms with E-state index in [0.717, 1.165) is 21.6 Å². The molecule has 4 heterocycles. The fourth-order valence-electron chi connectivity index (χ4n) is 7.99. The van der Waals surface area contributed by atoms with E-state index in [1.807, 2.05) is 47.7 Å². The molecule has 0 N–H and O–H groups in total. The van der Waals surface area contributed by atoms with Gasteiger partial charge in [-0.2, -0.15) is 21.6 Å². The first-order valence-electron chi connectivity index (χ1n) is 21.9. The molecule has 0 aromatic heterocycles. The molecule has 18 nitrogen and oxygen atoms in total. The van der Waals surface area contributed by atoms with Crippen LogP contribution < -0.4 is 28.7 Å². The lowest BCUT2D eigenvalue weighted by Gasteiger charge is -2.44. The van der Waals surface area contributed by atoms with Gasteiger partial charge in [0, 0.05) is 37.4 Å². The van der Waals surface area contributed by atoms with Crippen molar-refractivity contribution in [3.8, 4) is 23.0 Å². The Morgan fingerprint density at radius 3 is 1.79 bits per heavy atom. The predicted molar refractivity (Wildman–Crippen MR) is 254 cm³/mol. The van der Waals surface area contributed by atoms with Crippen molar-refractivity contribution in [1.29, 1.82) is 0 Å². The Balaban J connectivity index is 1.34. The quantitative estimate of drug-likeness (QED) is 0.0572. The van der Waals surface area contributed by atoms with Crippen LogP contribution in [0, 0.1) is 0 Å². The average molecular weight is 1090 g/mol. The number of halogens is 6. The predicted octanol–water partition coefficient (Wildman–Crippen LogP) is 9.63. The summed E-state index contributed by atoms with van der Waals surface area (Å²) < 4.78 is 109. The van der Waals surface area contributed by atoms with Crippen LogP contribution in [-0.2, 0) is 28.2 Å². The minimum absolute atomic E-state index is 0.00206. The molecule has 0 saturated heterocycles. The van der Waals surface area contributed by atoms with Crippen LogP contribution in [0.15, 0.2) is 48.0 Å². The number of rotatable bonds is 14. The largest absolute Gasteiger partial charge is 0.534 e. The lowest BCUT2D eigenvalue weighted by molar-refractivity contribution is -0.0523. The minimum atomic E-state index is -6.19. The first-order chi connectivity index (χ1) is 32.4. The summed E-state index contributed by atoms with van der Waals surface area (Å²) in [7, 11) is -6.55. The third kappa shape index (κ3) is 11.1. The number of anilines is 2. The lowest BCUT2D eigenvalue weighted by atomic mass is 10.0. The average Bonchev–Trinajstić information content (AvgIpc) is 3.83. The number of nitrogens with zero attached hydrogens (tertiary/aromatic N) is 4. The van der Waals surface area contributed by atoms with Crippen molar-refractivity contribution in [2.45, 2.75) is 113 Å². The molecule has 0 radical (unpaired) electrons. The molecule has 0 aliphatic carbocycles. The maximum Gasteiger partial charge on any atom is 0.534 e. The number of amides is 4. The van der Waals surface area contributed by atoms with Crippen molar-refractivity contribution in [3.63, 3.8) is 0 Å². The number of ether oxygens (including phenoxy) is 6. The summed E-state index contributed by atoms with van der Waals surface area (Å²) in [5.74, 6) is -1.61. The second-order valence-corrected chi connectivity index (χ2v) is 27.0. The first-order valence-corrected chi connectivity index (χ1v) is 27.3. The molecular formula is C44H54Cl3F3N4O14SSi. The van der Waals surface area contributed by atoms with E-state index in [2.05, 4.69) is 4.18 Å². The molecule has 0 saturated carbocycles. The zero-order valence-electron chi connectivity index (χ0n) is 39.9. The normalized spacial score (nSPS) is 20.6. The summed E-state index contributed by atoms with van der Waals surface area (Å²) in [6.07, 6.45) is -0.771. The molecule has 0 spiro atoms. The Hall–Kier alpha value is -4.81. The molecule has 4 aliphatic heterocycles. The van der Waals surface area contributed by atoms with E-state index in [9.17, 15) is 40.8 Å². The van der Waals surface area contributed by atoms with Gasteiger partial charge in [-0.25, -0.2) is 14.5 Å². The van der Waals surface area contributed by atoms with Crippen molar-refractivity contribution in [1.82, 2.24) is 9.80 Å². The van der Waals surface area contributed by atoms with Crippen LogP contribution in [0.3, 0.4) is 0 Å². The molecule has 2 aromatic rings. The summed E-state index contributed by atoms with van der Waals surface area (Å²) in [5.41, 5.74) is -4.79. The summed E-state index contributed by atoms with van der Waals surface area (Å²) in [4.78, 5) is 61.4. The van der Waals surface area contributed by atoms with Crippen LogP contribution >= 0.6 is 34.8 Å². The van der Waals surface area contributed by atoms with Gasteiger partial charge in [0.2, 0.25) is 3.79 Å². The molecule has 4 atom stereocenters. The topological polar surface area (TPSA) is 189 Å². The van der Waals surface area contributed by atoms with Gasteiger partial charge in [-0.15, -0.1) is 0 Å². The first kappa shape index (κ1) is 54.5. The van der Waals surface area contributed by atoms with Gasteiger partial charge in [0.1, 0.15) is 12.4 Å². The molecular weight excluding hydrogens is 1030 g/mol. The highest BCUT2D eigenvalue weighted by Gasteiger charge is 2.54. The number of fused-ring (bicyclic) bond motifs is 4. The van der Waals surface area contributed by atoms with Gasteiger partial charge in [0.25, 0.3) is 11.8 Å². The second-order valence-electron chi connectivity index (χ2n) is 18.2. The molecule has 0 unspecified atom stereocenters. The van der Waals surface area contributed by atoms with E-state index in [4.69, 9.17) is 67.7 Å². The highest BCUT2D eigenvalue weighted by atomic mass is 35.6. The lowest BCUT2D eigenvalue weighted by Crippen LogP contribution is -2.58. The molecule has 70 heavy (non-hydrogen) atoms. The van der Waals surface area contributed by atoms with Crippen molar-refractivity contribution in [3.05, 3.63) is 59.1 Å². The third-order valence-corrected chi connectivity index (χ3v) is 18.2. The standard InChI is InChI=1S/C44H54Cl3F3N4O14SSi/c1-11-63-40(57)53-25(3)29-15-24(2)21-51(29)37(55)27-17-33(61-7)35(19-30(27)53)64-13-12-14-65-36-20-31-28(18-34(36)62-8)38(56)52-22-26(67-69(59,60)44(48,49)50)16-32(52)39(68-70(9,10)42(4,5)6)54(31)41(58)66-23-43(45,46)47/h17-22,25,29,32,39H,11-16,23H2,1-10H3/t25-,29-,32-,39-/m0/s1. The Labute approximate surface area is 419 Å². The van der Waals surface area contributed by atoms with E-state index in [0.29, 0.717) is 6.42 Å². The Bertz CT molecular complexity index is 2570. The van der Waals surface area contributed by atoms with Crippen molar-refractivity contribution < 1.29 is 77.8 Å². The maximum absolute atomic E-state index is 14.6.